The maximum Gasteiger partial charge on any atom is 0.282 e. The Labute approximate surface area is 290 Å². The van der Waals surface area contributed by atoms with Crippen molar-refractivity contribution >= 4 is 35.0 Å². The number of carbonyl (C=O) groups is 4. The minimum atomic E-state index is -0.711. The molecule has 0 saturated carbocycles. The molecule has 0 aromatic heterocycles. The molecular weight excluding hydrogens is 660 g/mol. The van der Waals surface area contributed by atoms with Gasteiger partial charge in [-0.3, -0.25) is 49.6 Å². The molecule has 0 bridgehead atoms. The van der Waals surface area contributed by atoms with Crippen LogP contribution in [-0.4, -0.2) is 56.6 Å². The van der Waals surface area contributed by atoms with Crippen molar-refractivity contribution in [1.29, 1.82) is 10.5 Å². The predicted molar refractivity (Wildman–Crippen MR) is 179 cm³/mol. The first-order valence-corrected chi connectivity index (χ1v) is 15.3. The van der Waals surface area contributed by atoms with Gasteiger partial charge in [-0.25, -0.2) is 0 Å². The summed E-state index contributed by atoms with van der Waals surface area (Å²) >= 11 is 0. The molecule has 0 saturated heterocycles. The number of aliphatic hydroxyl groups excluding tert-OH is 1. The Morgan fingerprint density at radius 1 is 0.627 bits per heavy atom. The van der Waals surface area contributed by atoms with Crippen molar-refractivity contribution in [2.75, 3.05) is 13.2 Å². The summed E-state index contributed by atoms with van der Waals surface area (Å²) in [5, 5.41) is 49.3. The highest BCUT2D eigenvalue weighted by Crippen LogP contribution is 2.31. The third-order valence-electron chi connectivity index (χ3n) is 7.75. The first-order valence-electron chi connectivity index (χ1n) is 15.3. The number of nitrogens with zero attached hydrogens (tertiary/aromatic N) is 5. The van der Waals surface area contributed by atoms with Gasteiger partial charge in [0, 0.05) is 25.3 Å². The zero-order valence-electron chi connectivity index (χ0n) is 26.8. The van der Waals surface area contributed by atoms with Crippen LogP contribution in [0.25, 0.3) is 0 Å². The van der Waals surface area contributed by atoms with Gasteiger partial charge in [0.1, 0.15) is 11.1 Å². The van der Waals surface area contributed by atoms with Crippen molar-refractivity contribution < 1.29 is 34.1 Å². The second kappa shape index (κ2) is 16.8. The van der Waals surface area contributed by atoms with Gasteiger partial charge in [-0.15, -0.1) is 0 Å². The molecule has 4 aromatic rings. The lowest BCUT2D eigenvalue weighted by atomic mass is 10.1. The fraction of sp³-hybridized carbons (Fsp3) is 0.167. The van der Waals surface area contributed by atoms with E-state index in [4.69, 9.17) is 15.6 Å². The number of hydrogen-bond acceptors (Lipinski definition) is 11. The van der Waals surface area contributed by atoms with Gasteiger partial charge in [-0.05, 0) is 47.2 Å². The van der Waals surface area contributed by atoms with E-state index in [-0.39, 0.29) is 46.8 Å². The zero-order valence-corrected chi connectivity index (χ0v) is 26.8. The normalized spacial score (nSPS) is 12.3. The lowest BCUT2D eigenvalue weighted by molar-refractivity contribution is -0.385. The van der Waals surface area contributed by atoms with E-state index in [1.807, 2.05) is 53.8 Å². The molecule has 2 N–H and O–H groups in total. The number of imide groups is 2. The first kappa shape index (κ1) is 36.7. The van der Waals surface area contributed by atoms with Gasteiger partial charge in [0.05, 0.1) is 46.0 Å². The third kappa shape index (κ3) is 8.69. The van der Waals surface area contributed by atoms with Crippen LogP contribution >= 0.6 is 0 Å². The Morgan fingerprint density at radius 2 is 1.10 bits per heavy atom. The summed E-state index contributed by atoms with van der Waals surface area (Å²) in [5.74, 6) is -2.44. The molecule has 51 heavy (non-hydrogen) atoms. The second-order valence-electron chi connectivity index (χ2n) is 11.0. The smallest absolute Gasteiger partial charge is 0.282 e. The van der Waals surface area contributed by atoms with E-state index in [0.717, 1.165) is 27.2 Å². The molecule has 0 radical (unpaired) electrons. The summed E-state index contributed by atoms with van der Waals surface area (Å²) in [4.78, 5) is 68.4. The molecule has 2 aliphatic heterocycles. The second-order valence-corrected chi connectivity index (χ2v) is 11.0. The van der Waals surface area contributed by atoms with Crippen LogP contribution in [0.3, 0.4) is 0 Å². The molecule has 0 aliphatic carbocycles. The summed E-state index contributed by atoms with van der Waals surface area (Å²) in [6.45, 7) is 0.318. The van der Waals surface area contributed by atoms with Gasteiger partial charge in [0.2, 0.25) is 0 Å². The van der Waals surface area contributed by atoms with E-state index in [2.05, 4.69) is 12.1 Å². The summed E-state index contributed by atoms with van der Waals surface area (Å²) in [5.41, 5.74) is 3.09. The Hall–Kier alpha value is -7.10. The Bertz CT molecular complexity index is 2100. The van der Waals surface area contributed by atoms with Crippen molar-refractivity contribution in [3.8, 4) is 12.1 Å². The number of rotatable bonds is 9. The number of aliphatic hydroxyl groups is 1. The Kier molecular flexibility index (Phi) is 12.1. The minimum absolute atomic E-state index is 0.0594. The summed E-state index contributed by atoms with van der Waals surface area (Å²) in [6, 6.07) is 27.2. The fourth-order valence-corrected chi connectivity index (χ4v) is 5.22. The standard InChI is InChI=1S/C18H13N3O4.C10H11NO.C8H4N2O4/c19-10-8-12-4-6-13(7-5-12)9-11-20-17(22)14-2-1-3-15(21(24)25)16(14)18(20)23;11-7-5-9-1-3-10(4-2-9)6-8-12;11-7-4-2-1-3-5(10(13)14)6(4)8(12)9-7/h1-7H,8-9,11H2;1-4,12H,5-6,8H2;1-3H,(H,9,11,12). The highest BCUT2D eigenvalue weighted by molar-refractivity contribution is 6.24. The lowest BCUT2D eigenvalue weighted by Crippen LogP contribution is -2.31. The van der Waals surface area contributed by atoms with Crippen molar-refractivity contribution in [1.82, 2.24) is 10.2 Å². The van der Waals surface area contributed by atoms with Gasteiger partial charge < -0.3 is 5.11 Å². The molecular formula is C36H28N6O9. The number of benzene rings is 4. The largest absolute Gasteiger partial charge is 0.396 e. The van der Waals surface area contributed by atoms with E-state index in [1.54, 1.807) is 0 Å². The first-order chi connectivity index (χ1) is 24.5. The molecule has 15 heteroatoms. The zero-order chi connectivity index (χ0) is 37.1. The fourth-order valence-electron chi connectivity index (χ4n) is 5.22. The van der Waals surface area contributed by atoms with Crippen molar-refractivity contribution in [2.24, 2.45) is 0 Å². The van der Waals surface area contributed by atoms with E-state index in [9.17, 15) is 39.4 Å². The molecule has 256 valence electrons. The van der Waals surface area contributed by atoms with Gasteiger partial charge in [-0.2, -0.15) is 10.5 Å². The topological polar surface area (TPSA) is 238 Å². The quantitative estimate of drug-likeness (QED) is 0.143. The number of nitriles is 2. The van der Waals surface area contributed by atoms with Gasteiger partial charge in [0.25, 0.3) is 35.0 Å². The van der Waals surface area contributed by atoms with E-state index >= 15 is 0 Å². The molecule has 0 spiro atoms. The van der Waals surface area contributed by atoms with Crippen LogP contribution in [0.2, 0.25) is 0 Å². The van der Waals surface area contributed by atoms with Crippen LogP contribution in [0.5, 0.6) is 0 Å². The van der Waals surface area contributed by atoms with Crippen LogP contribution in [0, 0.1) is 42.9 Å². The average molecular weight is 689 g/mol. The molecule has 0 atom stereocenters. The SMILES string of the molecule is N#CCc1ccc(CCN2C(=O)c3cccc([N+](=O)[O-])c3C2=O)cc1.N#CCc1ccc(CCO)cc1.O=C1NC(=O)c2c1cccc2[N+](=O)[O-]. The predicted octanol–water partition coefficient (Wildman–Crippen LogP) is 4.27. The summed E-state index contributed by atoms with van der Waals surface area (Å²) in [6.07, 6.45) is 1.90. The molecule has 15 nitrogen and oxygen atoms in total. The third-order valence-corrected chi connectivity index (χ3v) is 7.75. The number of fused-ring (bicyclic) bond motifs is 2. The van der Waals surface area contributed by atoms with Crippen LogP contribution in [0.1, 0.15) is 63.7 Å². The Balaban J connectivity index is 0.000000189. The lowest BCUT2D eigenvalue weighted by Gasteiger charge is -2.13. The number of nitrogens with one attached hydrogen (secondary N) is 1. The maximum absolute atomic E-state index is 12.5. The number of amides is 4. The number of hydrogen-bond donors (Lipinski definition) is 2. The van der Waals surface area contributed by atoms with Crippen molar-refractivity contribution in [3.63, 3.8) is 0 Å². The highest BCUT2D eigenvalue weighted by Gasteiger charge is 2.40. The van der Waals surface area contributed by atoms with Crippen LogP contribution in [0.4, 0.5) is 11.4 Å². The summed E-state index contributed by atoms with van der Waals surface area (Å²) in [7, 11) is 0. The van der Waals surface area contributed by atoms with Crippen LogP contribution in [0.15, 0.2) is 84.9 Å². The highest BCUT2D eigenvalue weighted by atomic mass is 16.6. The molecule has 2 aliphatic rings. The number of nitro benzene ring substituents is 2. The molecule has 2 heterocycles. The van der Waals surface area contributed by atoms with Gasteiger partial charge >= 0.3 is 0 Å². The van der Waals surface area contributed by atoms with Crippen LogP contribution in [-0.2, 0) is 25.7 Å². The molecule has 4 aromatic carbocycles. The Morgan fingerprint density at radius 3 is 1.59 bits per heavy atom. The van der Waals surface area contributed by atoms with Crippen LogP contribution < -0.4 is 5.32 Å². The molecule has 4 amide bonds. The number of carbonyl (C=O) groups excluding carboxylic acids is 4. The molecule has 0 fully saturated rings. The summed E-state index contributed by atoms with van der Waals surface area (Å²) < 4.78 is 0. The number of nitro groups is 2. The minimum Gasteiger partial charge on any atom is -0.396 e. The molecule has 6 rings (SSSR count). The van der Waals surface area contributed by atoms with E-state index < -0.39 is 33.5 Å². The average Bonchev–Trinajstić information content (AvgIpc) is 3.56. The maximum atomic E-state index is 12.5. The van der Waals surface area contributed by atoms with Gasteiger partial charge in [0.15, 0.2) is 0 Å². The van der Waals surface area contributed by atoms with E-state index in [1.165, 1.54) is 36.4 Å². The monoisotopic (exact) mass is 688 g/mol. The van der Waals surface area contributed by atoms with Crippen molar-refractivity contribution in [2.45, 2.75) is 25.7 Å². The molecule has 0 unspecified atom stereocenters. The van der Waals surface area contributed by atoms with Crippen molar-refractivity contribution in [3.05, 3.63) is 150 Å². The van der Waals surface area contributed by atoms with E-state index in [0.29, 0.717) is 25.7 Å². The van der Waals surface area contributed by atoms with Gasteiger partial charge in [-0.1, -0.05) is 60.7 Å².